The Balaban J connectivity index is 1.31. The van der Waals surface area contributed by atoms with E-state index in [1.165, 1.54) is 6.07 Å². The normalized spacial score (nSPS) is 16.3. The van der Waals surface area contributed by atoms with Gasteiger partial charge in [0.2, 0.25) is 0 Å². The molecule has 3 aromatic rings. The van der Waals surface area contributed by atoms with Crippen molar-refractivity contribution in [3.8, 4) is 11.5 Å². The van der Waals surface area contributed by atoms with E-state index < -0.39 is 10.0 Å². The minimum absolute atomic E-state index is 0.143. The van der Waals surface area contributed by atoms with Crippen LogP contribution in [-0.4, -0.2) is 33.4 Å². The van der Waals surface area contributed by atoms with Crippen LogP contribution in [0.4, 0.5) is 5.69 Å². The molecule has 0 bridgehead atoms. The zero-order valence-electron chi connectivity index (χ0n) is 19.3. The van der Waals surface area contributed by atoms with Gasteiger partial charge in [-0.2, -0.15) is 8.42 Å². The molecule has 1 unspecified atom stereocenters. The second-order valence-electron chi connectivity index (χ2n) is 8.71. The van der Waals surface area contributed by atoms with Gasteiger partial charge in [0.25, 0.3) is 15.9 Å². The van der Waals surface area contributed by atoms with Gasteiger partial charge in [-0.25, -0.2) is 0 Å². The monoisotopic (exact) mass is 491 g/mol. The number of carbonyl (C=O) groups excluding carboxylic acids is 1. The first-order valence-electron chi connectivity index (χ1n) is 11.3. The summed E-state index contributed by atoms with van der Waals surface area (Å²) in [6.07, 6.45) is 0. The SMILES string of the molecule is CC(C)C(NC(=O)c1ccc(NC2=NS(=O)(=O)c3ccccc32)cc1)c1ccc2c(c1)OCCO2. The summed E-state index contributed by atoms with van der Waals surface area (Å²) >= 11 is 0. The Morgan fingerprint density at radius 2 is 1.66 bits per heavy atom. The zero-order chi connectivity index (χ0) is 24.6. The third kappa shape index (κ3) is 4.59. The molecule has 0 aliphatic carbocycles. The van der Waals surface area contributed by atoms with Gasteiger partial charge in [0, 0.05) is 16.8 Å². The minimum Gasteiger partial charge on any atom is -0.486 e. The standard InChI is InChI=1S/C26H25N3O5S/c1-16(2)24(18-9-12-21-22(15-18)34-14-13-33-21)28-26(30)17-7-10-19(11-8-17)27-25-20-5-3-4-6-23(20)35(31,32)29-25/h3-12,15-16,24H,13-14H2,1-2H3,(H,27,29)(H,28,30). The Bertz CT molecular complexity index is 1420. The van der Waals surface area contributed by atoms with E-state index in [1.807, 2.05) is 32.0 Å². The summed E-state index contributed by atoms with van der Waals surface area (Å²) in [6.45, 7) is 5.11. The van der Waals surface area contributed by atoms with Gasteiger partial charge < -0.3 is 20.1 Å². The van der Waals surface area contributed by atoms with Crippen LogP contribution in [-0.2, 0) is 10.0 Å². The van der Waals surface area contributed by atoms with Crippen molar-refractivity contribution in [3.05, 3.63) is 83.4 Å². The molecule has 1 atom stereocenters. The second kappa shape index (κ2) is 9.07. The fourth-order valence-electron chi connectivity index (χ4n) is 4.15. The molecule has 0 saturated carbocycles. The number of carbonyl (C=O) groups is 1. The van der Waals surface area contributed by atoms with Gasteiger partial charge in [0.05, 0.1) is 6.04 Å². The molecule has 2 N–H and O–H groups in total. The number of nitrogens with zero attached hydrogens (tertiary/aromatic N) is 1. The number of nitrogens with one attached hydrogen (secondary N) is 2. The van der Waals surface area contributed by atoms with Gasteiger partial charge in [-0.15, -0.1) is 4.40 Å². The zero-order valence-corrected chi connectivity index (χ0v) is 20.1. The van der Waals surface area contributed by atoms with Gasteiger partial charge >= 0.3 is 0 Å². The third-order valence-corrected chi connectivity index (χ3v) is 7.25. The predicted molar refractivity (Wildman–Crippen MR) is 133 cm³/mol. The molecule has 3 aromatic carbocycles. The van der Waals surface area contributed by atoms with Crippen molar-refractivity contribution in [1.82, 2.24) is 5.32 Å². The van der Waals surface area contributed by atoms with Crippen LogP contribution >= 0.6 is 0 Å². The van der Waals surface area contributed by atoms with E-state index in [0.717, 1.165) is 5.56 Å². The first-order valence-corrected chi connectivity index (χ1v) is 12.8. The highest BCUT2D eigenvalue weighted by atomic mass is 32.2. The first-order chi connectivity index (χ1) is 16.8. The molecule has 0 aromatic heterocycles. The van der Waals surface area contributed by atoms with Crippen LogP contribution < -0.4 is 20.1 Å². The number of hydrogen-bond donors (Lipinski definition) is 2. The second-order valence-corrected chi connectivity index (χ2v) is 10.3. The van der Waals surface area contributed by atoms with Crippen molar-refractivity contribution in [1.29, 1.82) is 0 Å². The lowest BCUT2D eigenvalue weighted by atomic mass is 9.95. The Morgan fingerprint density at radius 1 is 0.943 bits per heavy atom. The summed E-state index contributed by atoms with van der Waals surface area (Å²) < 4.78 is 39.6. The number of hydrogen-bond acceptors (Lipinski definition) is 6. The highest BCUT2D eigenvalue weighted by Gasteiger charge is 2.28. The average molecular weight is 492 g/mol. The van der Waals surface area contributed by atoms with E-state index in [9.17, 15) is 13.2 Å². The maximum Gasteiger partial charge on any atom is 0.285 e. The Kier molecular flexibility index (Phi) is 5.94. The fraction of sp³-hybridized carbons (Fsp3) is 0.231. The summed E-state index contributed by atoms with van der Waals surface area (Å²) in [5, 5.41) is 6.16. The molecule has 0 fully saturated rings. The molecule has 5 rings (SSSR count). The smallest absolute Gasteiger partial charge is 0.285 e. The van der Waals surface area contributed by atoms with Crippen molar-refractivity contribution >= 4 is 27.5 Å². The molecular weight excluding hydrogens is 466 g/mol. The topological polar surface area (TPSA) is 106 Å². The first kappa shape index (κ1) is 22.9. The van der Waals surface area contributed by atoms with Crippen molar-refractivity contribution in [3.63, 3.8) is 0 Å². The van der Waals surface area contributed by atoms with Crippen LogP contribution in [0.1, 0.15) is 41.4 Å². The van der Waals surface area contributed by atoms with Gasteiger partial charge in [-0.1, -0.05) is 32.0 Å². The van der Waals surface area contributed by atoms with Crippen LogP contribution in [0.3, 0.4) is 0 Å². The maximum atomic E-state index is 13.0. The number of rotatable bonds is 5. The van der Waals surface area contributed by atoms with E-state index in [4.69, 9.17) is 9.47 Å². The number of fused-ring (bicyclic) bond motifs is 2. The Hall–Kier alpha value is -3.85. The van der Waals surface area contributed by atoms with Crippen LogP contribution in [0.25, 0.3) is 0 Å². The summed E-state index contributed by atoms with van der Waals surface area (Å²) in [4.78, 5) is 13.2. The van der Waals surface area contributed by atoms with Gasteiger partial charge in [-0.3, -0.25) is 4.79 Å². The molecule has 0 spiro atoms. The number of amides is 1. The van der Waals surface area contributed by atoms with Crippen LogP contribution in [0.5, 0.6) is 11.5 Å². The largest absolute Gasteiger partial charge is 0.486 e. The highest BCUT2D eigenvalue weighted by molar-refractivity contribution is 7.90. The molecule has 2 aliphatic rings. The van der Waals surface area contributed by atoms with E-state index >= 15 is 0 Å². The number of sulfonamides is 1. The lowest BCUT2D eigenvalue weighted by Crippen LogP contribution is -2.32. The average Bonchev–Trinajstić information content (AvgIpc) is 3.12. The van der Waals surface area contributed by atoms with Crippen LogP contribution in [0, 0.1) is 5.92 Å². The lowest BCUT2D eigenvalue weighted by Gasteiger charge is -2.25. The Morgan fingerprint density at radius 3 is 2.40 bits per heavy atom. The number of benzene rings is 3. The van der Waals surface area contributed by atoms with Gasteiger partial charge in [0.1, 0.15) is 18.1 Å². The van der Waals surface area contributed by atoms with Crippen LogP contribution in [0.15, 0.2) is 76.0 Å². The van der Waals surface area contributed by atoms with Crippen molar-refractivity contribution in [2.45, 2.75) is 24.8 Å². The van der Waals surface area contributed by atoms with Gasteiger partial charge in [0.15, 0.2) is 17.3 Å². The van der Waals surface area contributed by atoms with Crippen molar-refractivity contribution in [2.24, 2.45) is 10.3 Å². The molecule has 2 heterocycles. The molecule has 8 nitrogen and oxygen atoms in total. The molecule has 1 amide bonds. The molecule has 0 radical (unpaired) electrons. The summed E-state index contributed by atoms with van der Waals surface area (Å²) in [7, 11) is -3.71. The van der Waals surface area contributed by atoms with E-state index in [1.54, 1.807) is 42.5 Å². The quantitative estimate of drug-likeness (QED) is 0.556. The molecule has 35 heavy (non-hydrogen) atoms. The van der Waals surface area contributed by atoms with Crippen molar-refractivity contribution < 1.29 is 22.7 Å². The van der Waals surface area contributed by atoms with E-state index in [0.29, 0.717) is 41.5 Å². The molecular formula is C26H25N3O5S. The molecule has 9 heteroatoms. The van der Waals surface area contributed by atoms with Crippen LogP contribution in [0.2, 0.25) is 0 Å². The number of amidine groups is 1. The maximum absolute atomic E-state index is 13.0. The van der Waals surface area contributed by atoms with E-state index in [-0.39, 0.29) is 28.6 Å². The molecule has 180 valence electrons. The van der Waals surface area contributed by atoms with Crippen molar-refractivity contribution in [2.75, 3.05) is 18.5 Å². The summed E-state index contributed by atoms with van der Waals surface area (Å²) in [5.41, 5.74) is 2.57. The molecule has 2 aliphatic heterocycles. The number of anilines is 1. The summed E-state index contributed by atoms with van der Waals surface area (Å²) in [6, 6.07) is 19.0. The summed E-state index contributed by atoms with van der Waals surface area (Å²) in [5.74, 6) is 1.58. The Labute approximate surface area is 204 Å². The molecule has 0 saturated heterocycles. The minimum atomic E-state index is -3.71. The highest BCUT2D eigenvalue weighted by Crippen LogP contribution is 2.34. The lowest BCUT2D eigenvalue weighted by molar-refractivity contribution is 0.0925. The number of ether oxygens (including phenoxy) is 2. The predicted octanol–water partition coefficient (Wildman–Crippen LogP) is 4.15. The van der Waals surface area contributed by atoms with E-state index in [2.05, 4.69) is 15.0 Å². The third-order valence-electron chi connectivity index (χ3n) is 5.92. The fourth-order valence-corrected chi connectivity index (χ4v) is 5.33. The van der Waals surface area contributed by atoms with Gasteiger partial charge in [-0.05, 0) is 60.0 Å².